The fourth-order valence-electron chi connectivity index (χ4n) is 3.68. The van der Waals surface area contributed by atoms with E-state index in [0.717, 1.165) is 47.6 Å². The van der Waals surface area contributed by atoms with E-state index in [2.05, 4.69) is 10.3 Å². The average molecular weight is 395 g/mol. The highest BCUT2D eigenvalue weighted by atomic mass is 35.5. The van der Waals surface area contributed by atoms with Crippen molar-refractivity contribution in [2.45, 2.75) is 45.2 Å². The summed E-state index contributed by atoms with van der Waals surface area (Å²) in [6, 6.07) is 0. The van der Waals surface area contributed by atoms with Gasteiger partial charge in [0, 0.05) is 29.3 Å². The van der Waals surface area contributed by atoms with Gasteiger partial charge < -0.3 is 5.32 Å². The standard InChI is InChI=1S/C17H18N4OS2.ClH/c22-17-15-10-4-6-18-8-13(10)24-16(15)19-9-21(17)7-5-14-20-11-2-1-3-12(11)23-14;/h9,18H,1-8H2;1H. The van der Waals surface area contributed by atoms with Crippen LogP contribution in [0.5, 0.6) is 0 Å². The fraction of sp³-hybridized carbons (Fsp3) is 0.471. The van der Waals surface area contributed by atoms with E-state index in [-0.39, 0.29) is 18.0 Å². The number of hydrogen-bond acceptors (Lipinski definition) is 6. The lowest BCUT2D eigenvalue weighted by Crippen LogP contribution is -2.25. The van der Waals surface area contributed by atoms with Gasteiger partial charge in [-0.2, -0.15) is 0 Å². The van der Waals surface area contributed by atoms with E-state index in [0.29, 0.717) is 6.54 Å². The molecule has 1 aliphatic heterocycles. The minimum absolute atomic E-state index is 0. The third-order valence-electron chi connectivity index (χ3n) is 4.91. The third kappa shape index (κ3) is 2.93. The third-order valence-corrected chi connectivity index (χ3v) is 7.26. The summed E-state index contributed by atoms with van der Waals surface area (Å²) in [5, 5.41) is 5.37. The van der Waals surface area contributed by atoms with E-state index in [4.69, 9.17) is 4.98 Å². The Kier molecular flexibility index (Phi) is 4.66. The lowest BCUT2D eigenvalue weighted by molar-refractivity contribution is 0.649. The van der Waals surface area contributed by atoms with Gasteiger partial charge in [0.05, 0.1) is 22.4 Å². The lowest BCUT2D eigenvalue weighted by atomic mass is 10.1. The van der Waals surface area contributed by atoms with E-state index in [1.165, 1.54) is 33.9 Å². The van der Waals surface area contributed by atoms with E-state index < -0.39 is 0 Å². The molecule has 25 heavy (non-hydrogen) atoms. The Labute approximate surface area is 159 Å². The van der Waals surface area contributed by atoms with Crippen molar-refractivity contribution >= 4 is 45.3 Å². The number of halogens is 1. The maximum Gasteiger partial charge on any atom is 0.262 e. The molecule has 0 amide bonds. The van der Waals surface area contributed by atoms with Gasteiger partial charge >= 0.3 is 0 Å². The number of hydrogen-bond donors (Lipinski definition) is 1. The molecule has 5 nitrogen and oxygen atoms in total. The van der Waals surface area contributed by atoms with E-state index in [1.54, 1.807) is 22.2 Å². The topological polar surface area (TPSA) is 59.8 Å². The van der Waals surface area contributed by atoms with Gasteiger partial charge in [0.15, 0.2) is 0 Å². The summed E-state index contributed by atoms with van der Waals surface area (Å²) in [7, 11) is 0. The van der Waals surface area contributed by atoms with Crippen LogP contribution in [-0.4, -0.2) is 21.1 Å². The predicted molar refractivity (Wildman–Crippen MR) is 104 cm³/mol. The molecule has 0 aromatic carbocycles. The normalized spacial score (nSPS) is 15.8. The molecule has 4 heterocycles. The Bertz CT molecular complexity index is 969. The molecular weight excluding hydrogens is 376 g/mol. The van der Waals surface area contributed by atoms with Gasteiger partial charge in [0.1, 0.15) is 4.83 Å². The molecule has 2 aliphatic rings. The molecule has 8 heteroatoms. The quantitative estimate of drug-likeness (QED) is 0.742. The van der Waals surface area contributed by atoms with Crippen LogP contribution in [0.4, 0.5) is 0 Å². The summed E-state index contributed by atoms with van der Waals surface area (Å²) in [6.07, 6.45) is 6.99. The second kappa shape index (κ2) is 6.79. The molecule has 1 aliphatic carbocycles. The molecule has 1 N–H and O–H groups in total. The van der Waals surface area contributed by atoms with Crippen LogP contribution >= 0.6 is 35.1 Å². The molecule has 5 rings (SSSR count). The molecule has 0 atom stereocenters. The average Bonchev–Trinajstić information content (AvgIpc) is 3.26. The van der Waals surface area contributed by atoms with Crippen molar-refractivity contribution in [3.05, 3.63) is 42.7 Å². The number of aryl methyl sites for hydroxylation is 4. The Morgan fingerprint density at radius 3 is 3.00 bits per heavy atom. The smallest absolute Gasteiger partial charge is 0.262 e. The predicted octanol–water partition coefficient (Wildman–Crippen LogP) is 2.71. The van der Waals surface area contributed by atoms with Crippen molar-refractivity contribution in [2.75, 3.05) is 6.54 Å². The molecule has 132 valence electrons. The van der Waals surface area contributed by atoms with E-state index in [1.807, 2.05) is 11.3 Å². The number of aromatic nitrogens is 3. The van der Waals surface area contributed by atoms with Gasteiger partial charge in [-0.05, 0) is 37.8 Å². The molecule has 3 aromatic heterocycles. The number of thiophene rings is 1. The maximum absolute atomic E-state index is 12.9. The fourth-order valence-corrected chi connectivity index (χ4v) is 5.97. The zero-order valence-corrected chi connectivity index (χ0v) is 16.2. The molecule has 0 fully saturated rings. The number of nitrogens with zero attached hydrogens (tertiary/aromatic N) is 3. The molecule has 0 saturated heterocycles. The molecule has 0 saturated carbocycles. The van der Waals surface area contributed by atoms with Crippen molar-refractivity contribution in [2.24, 2.45) is 0 Å². The molecule has 0 spiro atoms. The summed E-state index contributed by atoms with van der Waals surface area (Å²) in [5.74, 6) is 0. The van der Waals surface area contributed by atoms with Crippen molar-refractivity contribution in [3.8, 4) is 0 Å². The van der Waals surface area contributed by atoms with Gasteiger partial charge in [-0.3, -0.25) is 9.36 Å². The lowest BCUT2D eigenvalue weighted by Gasteiger charge is -2.12. The van der Waals surface area contributed by atoms with Gasteiger partial charge in [-0.15, -0.1) is 35.1 Å². The highest BCUT2D eigenvalue weighted by Gasteiger charge is 2.20. The number of fused-ring (bicyclic) bond motifs is 4. The number of rotatable bonds is 3. The summed E-state index contributed by atoms with van der Waals surface area (Å²) >= 11 is 3.48. The van der Waals surface area contributed by atoms with E-state index in [9.17, 15) is 4.79 Å². The highest BCUT2D eigenvalue weighted by molar-refractivity contribution is 7.18. The Balaban J connectivity index is 0.00000157. The second-order valence-corrected chi connectivity index (χ2v) is 8.69. The molecule has 0 bridgehead atoms. The van der Waals surface area contributed by atoms with Crippen molar-refractivity contribution in [1.29, 1.82) is 0 Å². The maximum atomic E-state index is 12.9. The van der Waals surface area contributed by atoms with Crippen LogP contribution in [0, 0.1) is 0 Å². The van der Waals surface area contributed by atoms with Crippen LogP contribution in [0.3, 0.4) is 0 Å². The largest absolute Gasteiger partial charge is 0.312 e. The Hall–Kier alpha value is -1.28. The number of thiazole rings is 1. The summed E-state index contributed by atoms with van der Waals surface area (Å²) in [5.41, 5.74) is 2.62. The highest BCUT2D eigenvalue weighted by Crippen LogP contribution is 2.30. The van der Waals surface area contributed by atoms with Crippen LogP contribution in [0.2, 0.25) is 0 Å². The summed E-state index contributed by atoms with van der Waals surface area (Å²) in [6.45, 7) is 2.47. The van der Waals surface area contributed by atoms with Gasteiger partial charge in [0.2, 0.25) is 0 Å². The number of nitrogens with one attached hydrogen (secondary N) is 1. The SMILES string of the molecule is Cl.O=c1c2c3c(sc2ncn1CCc1nc2c(s1)CCC2)CNCC3. The van der Waals surface area contributed by atoms with E-state index >= 15 is 0 Å². The van der Waals surface area contributed by atoms with Crippen LogP contribution in [0.1, 0.15) is 32.4 Å². The first-order valence-electron chi connectivity index (χ1n) is 8.47. The minimum atomic E-state index is 0. The van der Waals surface area contributed by atoms with Crippen molar-refractivity contribution in [3.63, 3.8) is 0 Å². The second-order valence-electron chi connectivity index (χ2n) is 6.43. The van der Waals surface area contributed by atoms with Crippen LogP contribution in [0.25, 0.3) is 10.2 Å². The van der Waals surface area contributed by atoms with Gasteiger partial charge in [-0.1, -0.05) is 0 Å². The van der Waals surface area contributed by atoms with Crippen LogP contribution in [-0.2, 0) is 38.8 Å². The summed E-state index contributed by atoms with van der Waals surface area (Å²) in [4.78, 5) is 25.8. The monoisotopic (exact) mass is 394 g/mol. The molecule has 0 unspecified atom stereocenters. The van der Waals surface area contributed by atoms with Crippen LogP contribution in [0.15, 0.2) is 11.1 Å². The Morgan fingerprint density at radius 2 is 2.12 bits per heavy atom. The van der Waals surface area contributed by atoms with Gasteiger partial charge in [-0.25, -0.2) is 9.97 Å². The summed E-state index contributed by atoms with van der Waals surface area (Å²) < 4.78 is 1.77. The molecule has 3 aromatic rings. The first kappa shape index (κ1) is 17.1. The molecular formula is C17H19ClN4OS2. The van der Waals surface area contributed by atoms with Crippen molar-refractivity contribution < 1.29 is 0 Å². The molecule has 0 radical (unpaired) electrons. The zero-order chi connectivity index (χ0) is 16.1. The minimum Gasteiger partial charge on any atom is -0.312 e. The first-order valence-corrected chi connectivity index (χ1v) is 10.1. The van der Waals surface area contributed by atoms with Crippen LogP contribution < -0.4 is 10.9 Å². The zero-order valence-electron chi connectivity index (χ0n) is 13.7. The first-order chi connectivity index (χ1) is 11.8. The Morgan fingerprint density at radius 1 is 1.20 bits per heavy atom. The van der Waals surface area contributed by atoms with Crippen molar-refractivity contribution in [1.82, 2.24) is 19.9 Å². The van der Waals surface area contributed by atoms with Gasteiger partial charge in [0.25, 0.3) is 5.56 Å².